The zero-order chi connectivity index (χ0) is 19.2. The first-order valence-corrected chi connectivity index (χ1v) is 8.51. The molecule has 1 heterocycles. The second-order valence-corrected chi connectivity index (χ2v) is 5.98. The summed E-state index contributed by atoms with van der Waals surface area (Å²) in [6.07, 6.45) is 0.210. The molecule has 2 aromatic rings. The number of carbonyl (C=O) groups is 2. The fourth-order valence-corrected chi connectivity index (χ4v) is 2.74. The van der Waals surface area contributed by atoms with Crippen LogP contribution in [0.3, 0.4) is 0 Å². The van der Waals surface area contributed by atoms with Gasteiger partial charge in [-0.1, -0.05) is 12.1 Å². The molecular formula is C20H21NO6. The quantitative estimate of drug-likeness (QED) is 0.785. The van der Waals surface area contributed by atoms with Gasteiger partial charge in [-0.2, -0.15) is 0 Å². The fraction of sp³-hybridized carbons (Fsp3) is 0.300. The number of nitrogens with one attached hydrogen (secondary N) is 1. The third-order valence-corrected chi connectivity index (χ3v) is 4.13. The Morgan fingerprint density at radius 2 is 1.67 bits per heavy atom. The first kappa shape index (κ1) is 18.6. The summed E-state index contributed by atoms with van der Waals surface area (Å²) in [7, 11) is 2.91. The normalized spacial score (nSPS) is 12.2. The smallest absolute Gasteiger partial charge is 0.310 e. The van der Waals surface area contributed by atoms with E-state index in [1.54, 1.807) is 31.4 Å². The molecule has 1 aliphatic rings. The average molecular weight is 371 g/mol. The van der Waals surface area contributed by atoms with E-state index >= 15 is 0 Å². The summed E-state index contributed by atoms with van der Waals surface area (Å²) in [5, 5.41) is 2.85. The molecule has 0 unspecified atom stereocenters. The Morgan fingerprint density at radius 3 is 2.30 bits per heavy atom. The molecule has 27 heavy (non-hydrogen) atoms. The number of methoxy groups -OCH3 is 2. The van der Waals surface area contributed by atoms with Crippen LogP contribution in [0.2, 0.25) is 0 Å². The standard InChI is InChI=1S/C20H21NO6/c1-24-15-5-3-13(4-6-15)9-19(22)21-16-12-18-17(26-7-8-27-18)10-14(16)11-20(23)25-2/h3-6,10,12H,7-9,11H2,1-2H3,(H,21,22). The number of carbonyl (C=O) groups excluding carboxylic acids is 2. The highest BCUT2D eigenvalue weighted by Crippen LogP contribution is 2.36. The van der Waals surface area contributed by atoms with Gasteiger partial charge in [0.2, 0.25) is 5.91 Å². The molecule has 7 nitrogen and oxygen atoms in total. The van der Waals surface area contributed by atoms with Gasteiger partial charge in [0.05, 0.1) is 27.1 Å². The van der Waals surface area contributed by atoms with Gasteiger partial charge in [0.1, 0.15) is 19.0 Å². The van der Waals surface area contributed by atoms with Gasteiger partial charge in [-0.05, 0) is 29.3 Å². The van der Waals surface area contributed by atoms with E-state index in [9.17, 15) is 9.59 Å². The lowest BCUT2D eigenvalue weighted by atomic mass is 10.1. The molecule has 2 aromatic carbocycles. The zero-order valence-corrected chi connectivity index (χ0v) is 15.2. The summed E-state index contributed by atoms with van der Waals surface area (Å²) in [6.45, 7) is 0.871. The molecule has 7 heteroatoms. The van der Waals surface area contributed by atoms with E-state index in [-0.39, 0.29) is 18.7 Å². The molecule has 0 saturated heterocycles. The van der Waals surface area contributed by atoms with Crippen LogP contribution in [0, 0.1) is 0 Å². The highest BCUT2D eigenvalue weighted by Gasteiger charge is 2.19. The van der Waals surface area contributed by atoms with Crippen LogP contribution in [0.4, 0.5) is 5.69 Å². The van der Waals surface area contributed by atoms with Crippen molar-refractivity contribution in [1.29, 1.82) is 0 Å². The second kappa shape index (κ2) is 8.44. The van der Waals surface area contributed by atoms with Gasteiger partial charge in [-0.25, -0.2) is 0 Å². The Bertz CT molecular complexity index is 831. The third kappa shape index (κ3) is 4.69. The number of amides is 1. The number of hydrogen-bond acceptors (Lipinski definition) is 6. The molecule has 1 amide bonds. The number of anilines is 1. The van der Waals surface area contributed by atoms with Crippen LogP contribution in [0.15, 0.2) is 36.4 Å². The lowest BCUT2D eigenvalue weighted by Crippen LogP contribution is -2.19. The molecule has 3 rings (SSSR count). The highest BCUT2D eigenvalue weighted by atomic mass is 16.6. The summed E-state index contributed by atoms with van der Waals surface area (Å²) in [5.41, 5.74) is 1.96. The summed E-state index contributed by atoms with van der Waals surface area (Å²) < 4.78 is 21.0. The molecule has 0 atom stereocenters. The van der Waals surface area contributed by atoms with Gasteiger partial charge >= 0.3 is 5.97 Å². The summed E-state index contributed by atoms with van der Waals surface area (Å²) in [4.78, 5) is 24.2. The molecule has 0 saturated carbocycles. The van der Waals surface area contributed by atoms with Crippen molar-refractivity contribution in [1.82, 2.24) is 0 Å². The maximum atomic E-state index is 12.5. The van der Waals surface area contributed by atoms with Gasteiger partial charge in [-0.15, -0.1) is 0 Å². The minimum absolute atomic E-state index is 0.0191. The minimum atomic E-state index is -0.405. The maximum absolute atomic E-state index is 12.5. The first-order valence-electron chi connectivity index (χ1n) is 8.51. The number of benzene rings is 2. The molecule has 142 valence electrons. The zero-order valence-electron chi connectivity index (χ0n) is 15.2. The van der Waals surface area contributed by atoms with E-state index < -0.39 is 5.97 Å². The predicted octanol–water partition coefficient (Wildman–Crippen LogP) is 2.36. The number of fused-ring (bicyclic) bond motifs is 1. The Balaban J connectivity index is 1.78. The Morgan fingerprint density at radius 1 is 1.00 bits per heavy atom. The number of hydrogen-bond donors (Lipinski definition) is 1. The van der Waals surface area contributed by atoms with Crippen LogP contribution in [0.25, 0.3) is 0 Å². The summed E-state index contributed by atoms with van der Waals surface area (Å²) in [5.74, 6) is 1.20. The number of rotatable bonds is 6. The number of esters is 1. The van der Waals surface area contributed by atoms with Crippen LogP contribution in [-0.2, 0) is 27.2 Å². The van der Waals surface area contributed by atoms with E-state index in [0.717, 1.165) is 11.3 Å². The molecule has 0 fully saturated rings. The van der Waals surface area contributed by atoms with Gasteiger partial charge < -0.3 is 24.3 Å². The Labute approximate surface area is 157 Å². The minimum Gasteiger partial charge on any atom is -0.497 e. The Kier molecular flexibility index (Phi) is 5.80. The van der Waals surface area contributed by atoms with Crippen molar-refractivity contribution in [2.24, 2.45) is 0 Å². The highest BCUT2D eigenvalue weighted by molar-refractivity contribution is 5.94. The second-order valence-electron chi connectivity index (χ2n) is 5.98. The molecule has 0 aliphatic carbocycles. The van der Waals surface area contributed by atoms with Crippen LogP contribution in [0.5, 0.6) is 17.2 Å². The topological polar surface area (TPSA) is 83.1 Å². The van der Waals surface area contributed by atoms with E-state index in [4.69, 9.17) is 18.9 Å². The molecule has 1 N–H and O–H groups in total. The first-order chi connectivity index (χ1) is 13.1. The van der Waals surface area contributed by atoms with Crippen LogP contribution in [-0.4, -0.2) is 39.3 Å². The van der Waals surface area contributed by atoms with Crippen molar-refractivity contribution in [3.8, 4) is 17.2 Å². The fourth-order valence-electron chi connectivity index (χ4n) is 2.74. The largest absolute Gasteiger partial charge is 0.497 e. The molecule has 0 radical (unpaired) electrons. The lowest BCUT2D eigenvalue weighted by molar-refractivity contribution is -0.139. The summed E-state index contributed by atoms with van der Waals surface area (Å²) in [6, 6.07) is 10.6. The molecule has 0 spiro atoms. The molecule has 1 aliphatic heterocycles. The average Bonchev–Trinajstić information content (AvgIpc) is 2.68. The van der Waals surface area contributed by atoms with E-state index in [1.807, 2.05) is 12.1 Å². The predicted molar refractivity (Wildman–Crippen MR) is 98.5 cm³/mol. The summed E-state index contributed by atoms with van der Waals surface area (Å²) >= 11 is 0. The lowest BCUT2D eigenvalue weighted by Gasteiger charge is -2.21. The van der Waals surface area contributed by atoms with E-state index in [2.05, 4.69) is 5.32 Å². The van der Waals surface area contributed by atoms with Gasteiger partial charge in [0.25, 0.3) is 0 Å². The third-order valence-electron chi connectivity index (χ3n) is 4.13. The van der Waals surface area contributed by atoms with Crippen molar-refractivity contribution < 1.29 is 28.5 Å². The molecule has 0 bridgehead atoms. The SMILES string of the molecule is COC(=O)Cc1cc2c(cc1NC(=O)Cc1ccc(OC)cc1)OCCO2. The van der Waals surface area contributed by atoms with Gasteiger partial charge in [0.15, 0.2) is 11.5 Å². The van der Waals surface area contributed by atoms with Crippen molar-refractivity contribution in [2.45, 2.75) is 12.8 Å². The Hall–Kier alpha value is -3.22. The van der Waals surface area contributed by atoms with E-state index in [1.165, 1.54) is 7.11 Å². The monoisotopic (exact) mass is 371 g/mol. The van der Waals surface area contributed by atoms with Crippen molar-refractivity contribution in [2.75, 3.05) is 32.8 Å². The molecule has 0 aromatic heterocycles. The van der Waals surface area contributed by atoms with Crippen molar-refractivity contribution in [3.05, 3.63) is 47.5 Å². The maximum Gasteiger partial charge on any atom is 0.310 e. The van der Waals surface area contributed by atoms with Crippen LogP contribution >= 0.6 is 0 Å². The number of ether oxygens (including phenoxy) is 4. The van der Waals surface area contributed by atoms with Crippen molar-refractivity contribution >= 4 is 17.6 Å². The van der Waals surface area contributed by atoms with E-state index in [0.29, 0.717) is 36.0 Å². The van der Waals surface area contributed by atoms with Gasteiger partial charge in [-0.3, -0.25) is 9.59 Å². The molecular weight excluding hydrogens is 350 g/mol. The van der Waals surface area contributed by atoms with Crippen LogP contribution < -0.4 is 19.5 Å². The van der Waals surface area contributed by atoms with Crippen LogP contribution in [0.1, 0.15) is 11.1 Å². The van der Waals surface area contributed by atoms with Crippen molar-refractivity contribution in [3.63, 3.8) is 0 Å². The van der Waals surface area contributed by atoms with Gasteiger partial charge in [0, 0.05) is 11.8 Å².